The lowest BCUT2D eigenvalue weighted by Gasteiger charge is -2.30. The molecular formula is C32H54N2O5. The lowest BCUT2D eigenvalue weighted by Crippen LogP contribution is -2.43. The van der Waals surface area contributed by atoms with E-state index in [9.17, 15) is 9.90 Å². The fourth-order valence-corrected chi connectivity index (χ4v) is 5.62. The molecule has 1 aromatic carbocycles. The van der Waals surface area contributed by atoms with Crippen LogP contribution in [0, 0.1) is 23.7 Å². The summed E-state index contributed by atoms with van der Waals surface area (Å²) < 4.78 is 17.0. The highest BCUT2D eigenvalue weighted by molar-refractivity contribution is 5.78. The molecule has 0 radical (unpaired) electrons. The molecule has 0 aromatic heterocycles. The third kappa shape index (κ3) is 10.3. The highest BCUT2D eigenvalue weighted by atomic mass is 16.5. The molecule has 1 aromatic rings. The molecule has 1 aliphatic carbocycles. The highest BCUT2D eigenvalue weighted by Crippen LogP contribution is 2.45. The SMILES string of the molecule is COCCCOc1cc(CC(CC(N)C(O)CC(C(=O)NC[C@@H]2CCCO2)C(C)C)C(C)C)ccc1C1CC1. The van der Waals surface area contributed by atoms with E-state index < -0.39 is 6.10 Å². The molecule has 1 heterocycles. The van der Waals surface area contributed by atoms with Crippen molar-refractivity contribution >= 4 is 5.91 Å². The fourth-order valence-electron chi connectivity index (χ4n) is 5.62. The number of aliphatic hydroxyl groups is 1. The number of methoxy groups -OCH3 is 1. The number of aliphatic hydroxyl groups excluding tert-OH is 1. The van der Waals surface area contributed by atoms with Crippen molar-refractivity contribution in [2.24, 2.45) is 29.4 Å². The number of nitrogens with one attached hydrogen (secondary N) is 1. The maximum absolute atomic E-state index is 13.0. The van der Waals surface area contributed by atoms with Gasteiger partial charge in [0.1, 0.15) is 5.75 Å². The summed E-state index contributed by atoms with van der Waals surface area (Å²) in [6.07, 6.45) is 6.71. The average molecular weight is 547 g/mol. The lowest BCUT2D eigenvalue weighted by molar-refractivity contribution is -0.128. The largest absolute Gasteiger partial charge is 0.493 e. The molecule has 3 rings (SSSR count). The van der Waals surface area contributed by atoms with E-state index in [-0.39, 0.29) is 29.9 Å². The van der Waals surface area contributed by atoms with Gasteiger partial charge in [-0.1, -0.05) is 39.8 Å². The number of benzene rings is 1. The molecule has 1 amide bonds. The zero-order valence-corrected chi connectivity index (χ0v) is 25.0. The second-order valence-corrected chi connectivity index (χ2v) is 12.5. The first kappa shape index (κ1) is 31.9. The maximum atomic E-state index is 13.0. The molecule has 1 aliphatic heterocycles. The maximum Gasteiger partial charge on any atom is 0.223 e. The number of hydrogen-bond donors (Lipinski definition) is 3. The van der Waals surface area contributed by atoms with Crippen LogP contribution in [0.15, 0.2) is 18.2 Å². The van der Waals surface area contributed by atoms with Gasteiger partial charge in [0.05, 0.1) is 18.8 Å². The molecule has 7 heteroatoms. The minimum atomic E-state index is -0.732. The fraction of sp³-hybridized carbons (Fsp3) is 0.781. The van der Waals surface area contributed by atoms with E-state index in [4.69, 9.17) is 19.9 Å². The van der Waals surface area contributed by atoms with Gasteiger partial charge < -0.3 is 30.4 Å². The molecule has 7 nitrogen and oxygen atoms in total. The van der Waals surface area contributed by atoms with E-state index in [0.29, 0.717) is 50.4 Å². The summed E-state index contributed by atoms with van der Waals surface area (Å²) >= 11 is 0. The van der Waals surface area contributed by atoms with Gasteiger partial charge in [-0.15, -0.1) is 0 Å². The standard InChI is InChI=1S/C32H54N2O5/c1-21(2)25(16-23-9-12-27(24-10-11-24)31(17-23)39-15-7-13-37-5)18-29(33)30(35)19-28(22(3)4)32(36)34-20-26-8-6-14-38-26/h9,12,17,21-22,24-26,28-30,35H,6-8,10-11,13-16,18-20,33H2,1-5H3,(H,34,36)/t25?,26-,28?,29?,30?/m0/s1. The molecule has 2 fully saturated rings. The topological polar surface area (TPSA) is 103 Å². The van der Waals surface area contributed by atoms with Crippen LogP contribution in [0.2, 0.25) is 0 Å². The third-order valence-corrected chi connectivity index (χ3v) is 8.52. The van der Waals surface area contributed by atoms with Crippen LogP contribution in [-0.4, -0.2) is 62.7 Å². The van der Waals surface area contributed by atoms with Crippen LogP contribution < -0.4 is 15.8 Å². The van der Waals surface area contributed by atoms with Gasteiger partial charge in [0.15, 0.2) is 0 Å². The first-order chi connectivity index (χ1) is 18.7. The van der Waals surface area contributed by atoms with Crippen molar-refractivity contribution in [3.05, 3.63) is 29.3 Å². The van der Waals surface area contributed by atoms with Crippen LogP contribution in [0.5, 0.6) is 5.75 Å². The molecule has 0 spiro atoms. The molecule has 222 valence electrons. The summed E-state index contributed by atoms with van der Waals surface area (Å²) in [6.45, 7) is 11.2. The lowest BCUT2D eigenvalue weighted by atomic mass is 9.80. The summed E-state index contributed by atoms with van der Waals surface area (Å²) in [5.41, 5.74) is 9.16. The number of hydrogen-bond acceptors (Lipinski definition) is 6. The van der Waals surface area contributed by atoms with Crippen molar-refractivity contribution in [1.82, 2.24) is 5.32 Å². The summed E-state index contributed by atoms with van der Waals surface area (Å²) in [5, 5.41) is 14.1. The molecule has 4 unspecified atom stereocenters. The van der Waals surface area contributed by atoms with Gasteiger partial charge in [0.2, 0.25) is 5.91 Å². The van der Waals surface area contributed by atoms with Crippen LogP contribution in [0.1, 0.15) is 89.7 Å². The monoisotopic (exact) mass is 546 g/mol. The van der Waals surface area contributed by atoms with Gasteiger partial charge in [-0.25, -0.2) is 0 Å². The van der Waals surface area contributed by atoms with E-state index in [1.165, 1.54) is 24.0 Å². The Morgan fingerprint density at radius 2 is 1.90 bits per heavy atom. The minimum absolute atomic E-state index is 0.0130. The summed E-state index contributed by atoms with van der Waals surface area (Å²) in [6, 6.07) is 6.30. The van der Waals surface area contributed by atoms with Crippen LogP contribution in [-0.2, 0) is 20.7 Å². The van der Waals surface area contributed by atoms with E-state index in [2.05, 4.69) is 37.4 Å². The molecule has 4 N–H and O–H groups in total. The van der Waals surface area contributed by atoms with Crippen molar-refractivity contribution in [1.29, 1.82) is 0 Å². The van der Waals surface area contributed by atoms with Crippen LogP contribution >= 0.6 is 0 Å². The summed E-state index contributed by atoms with van der Waals surface area (Å²) in [4.78, 5) is 13.0. The Hall–Kier alpha value is -1.67. The zero-order chi connectivity index (χ0) is 28.4. The number of carbonyl (C=O) groups excluding carboxylic acids is 1. The first-order valence-electron chi connectivity index (χ1n) is 15.3. The van der Waals surface area contributed by atoms with Crippen LogP contribution in [0.25, 0.3) is 0 Å². The number of ether oxygens (including phenoxy) is 3. The van der Waals surface area contributed by atoms with E-state index >= 15 is 0 Å². The van der Waals surface area contributed by atoms with Gasteiger partial charge in [0, 0.05) is 45.2 Å². The van der Waals surface area contributed by atoms with Crippen molar-refractivity contribution in [2.45, 2.75) is 103 Å². The predicted molar refractivity (Wildman–Crippen MR) is 156 cm³/mol. The van der Waals surface area contributed by atoms with Crippen LogP contribution in [0.4, 0.5) is 0 Å². The highest BCUT2D eigenvalue weighted by Gasteiger charge is 2.31. The Morgan fingerprint density at radius 1 is 1.13 bits per heavy atom. The normalized spacial score (nSPS) is 20.7. The smallest absolute Gasteiger partial charge is 0.223 e. The number of nitrogens with two attached hydrogens (primary N) is 1. The van der Waals surface area contributed by atoms with E-state index in [1.807, 2.05) is 13.8 Å². The Labute approximate surface area is 236 Å². The first-order valence-corrected chi connectivity index (χ1v) is 15.3. The van der Waals surface area contributed by atoms with Crippen molar-refractivity contribution in [3.8, 4) is 5.75 Å². The third-order valence-electron chi connectivity index (χ3n) is 8.52. The molecule has 2 aliphatic rings. The predicted octanol–water partition coefficient (Wildman–Crippen LogP) is 4.83. The summed E-state index contributed by atoms with van der Waals surface area (Å²) in [7, 11) is 1.72. The van der Waals surface area contributed by atoms with Crippen molar-refractivity contribution in [3.63, 3.8) is 0 Å². The van der Waals surface area contributed by atoms with E-state index in [1.54, 1.807) is 7.11 Å². The Bertz CT molecular complexity index is 866. The van der Waals surface area contributed by atoms with Gasteiger partial charge >= 0.3 is 0 Å². The Kier molecular flexibility index (Phi) is 13.0. The van der Waals surface area contributed by atoms with Crippen molar-refractivity contribution < 1.29 is 24.1 Å². The number of rotatable bonds is 18. The second-order valence-electron chi connectivity index (χ2n) is 12.5. The minimum Gasteiger partial charge on any atom is -0.493 e. The molecular weight excluding hydrogens is 492 g/mol. The molecule has 39 heavy (non-hydrogen) atoms. The Balaban J connectivity index is 1.57. The van der Waals surface area contributed by atoms with E-state index in [0.717, 1.165) is 38.0 Å². The van der Waals surface area contributed by atoms with Gasteiger partial charge in [-0.05, 0) is 85.8 Å². The Morgan fingerprint density at radius 3 is 2.51 bits per heavy atom. The number of amides is 1. The van der Waals surface area contributed by atoms with Crippen molar-refractivity contribution in [2.75, 3.05) is 33.5 Å². The van der Waals surface area contributed by atoms with Crippen LogP contribution in [0.3, 0.4) is 0 Å². The number of carbonyl (C=O) groups is 1. The zero-order valence-electron chi connectivity index (χ0n) is 25.0. The molecule has 5 atom stereocenters. The molecule has 1 saturated carbocycles. The average Bonchev–Trinajstić information content (AvgIpc) is 3.61. The summed E-state index contributed by atoms with van der Waals surface area (Å²) in [5.74, 6) is 2.18. The second kappa shape index (κ2) is 15.9. The quantitative estimate of drug-likeness (QED) is 0.228. The van der Waals surface area contributed by atoms with Gasteiger partial charge in [-0.3, -0.25) is 4.79 Å². The van der Waals surface area contributed by atoms with Gasteiger partial charge in [-0.2, -0.15) is 0 Å². The molecule has 1 saturated heterocycles. The van der Waals surface area contributed by atoms with Gasteiger partial charge in [0.25, 0.3) is 0 Å². The molecule has 0 bridgehead atoms.